The topological polar surface area (TPSA) is 61.2 Å². The van der Waals surface area contributed by atoms with Crippen LogP contribution in [0.4, 0.5) is 13.2 Å². The molecule has 2 heterocycles. The van der Waals surface area contributed by atoms with Gasteiger partial charge in [-0.15, -0.1) is 0 Å². The van der Waals surface area contributed by atoms with Gasteiger partial charge in [-0.05, 0) is 31.9 Å². The van der Waals surface area contributed by atoms with Gasteiger partial charge in [0.15, 0.2) is 5.78 Å². The SMILES string of the molecule is CC(=O)c1cc(F)cc2c(=O)n(C(F)F)c(C3CCOCC3)nc12. The van der Waals surface area contributed by atoms with E-state index in [0.29, 0.717) is 30.6 Å². The number of fused-ring (bicyclic) bond motifs is 1. The highest BCUT2D eigenvalue weighted by molar-refractivity contribution is 6.05. The monoisotopic (exact) mass is 340 g/mol. The lowest BCUT2D eigenvalue weighted by atomic mass is 9.98. The van der Waals surface area contributed by atoms with Gasteiger partial charge in [0.05, 0.1) is 10.9 Å². The molecular weight excluding hydrogens is 325 g/mol. The second kappa shape index (κ2) is 6.35. The van der Waals surface area contributed by atoms with Gasteiger partial charge < -0.3 is 4.74 Å². The van der Waals surface area contributed by atoms with Gasteiger partial charge >= 0.3 is 6.55 Å². The summed E-state index contributed by atoms with van der Waals surface area (Å²) in [6, 6.07) is 1.81. The number of carbonyl (C=O) groups excluding carboxylic acids is 1. The van der Waals surface area contributed by atoms with E-state index in [-0.39, 0.29) is 28.2 Å². The van der Waals surface area contributed by atoms with Crippen molar-refractivity contribution in [3.05, 3.63) is 39.7 Å². The quantitative estimate of drug-likeness (QED) is 0.806. The number of benzene rings is 1. The van der Waals surface area contributed by atoms with E-state index in [2.05, 4.69) is 4.98 Å². The highest BCUT2D eigenvalue weighted by Crippen LogP contribution is 2.29. The summed E-state index contributed by atoms with van der Waals surface area (Å²) < 4.78 is 46.1. The second-order valence-electron chi connectivity index (χ2n) is 5.72. The van der Waals surface area contributed by atoms with Crippen molar-refractivity contribution in [2.75, 3.05) is 13.2 Å². The third-order valence-electron chi connectivity index (χ3n) is 4.16. The largest absolute Gasteiger partial charge is 0.381 e. The van der Waals surface area contributed by atoms with Crippen LogP contribution in [0.1, 0.15) is 48.4 Å². The van der Waals surface area contributed by atoms with E-state index >= 15 is 0 Å². The summed E-state index contributed by atoms with van der Waals surface area (Å²) >= 11 is 0. The summed E-state index contributed by atoms with van der Waals surface area (Å²) in [6.45, 7) is -1.13. The molecule has 1 saturated heterocycles. The molecule has 128 valence electrons. The molecule has 0 bridgehead atoms. The van der Waals surface area contributed by atoms with Crippen molar-refractivity contribution in [2.24, 2.45) is 0 Å². The standard InChI is InChI=1S/C16H15F3N2O3/c1-8(22)11-6-10(17)7-12-13(11)20-14(9-2-4-24-5-3-9)21(15(12)23)16(18)19/h6-7,9,16H,2-5H2,1H3. The molecule has 0 aliphatic carbocycles. The highest BCUT2D eigenvalue weighted by atomic mass is 19.3. The molecule has 1 aliphatic heterocycles. The molecule has 3 rings (SSSR count). The molecule has 5 nitrogen and oxygen atoms in total. The number of hydrogen-bond donors (Lipinski definition) is 0. The normalized spacial score (nSPS) is 16.0. The number of rotatable bonds is 3. The van der Waals surface area contributed by atoms with Gasteiger partial charge in [0.2, 0.25) is 0 Å². The zero-order valence-electron chi connectivity index (χ0n) is 12.9. The molecule has 8 heteroatoms. The number of alkyl halides is 2. The van der Waals surface area contributed by atoms with Crippen LogP contribution in [-0.4, -0.2) is 28.5 Å². The van der Waals surface area contributed by atoms with E-state index in [1.165, 1.54) is 6.92 Å². The fourth-order valence-electron chi connectivity index (χ4n) is 2.99. The minimum atomic E-state index is -3.10. The number of ketones is 1. The molecule has 1 aliphatic rings. The maximum absolute atomic E-state index is 13.7. The summed E-state index contributed by atoms with van der Waals surface area (Å²) in [5.41, 5.74) is -1.16. The van der Waals surface area contributed by atoms with E-state index in [1.807, 2.05) is 0 Å². The molecule has 0 amide bonds. The zero-order valence-corrected chi connectivity index (χ0v) is 12.9. The van der Waals surface area contributed by atoms with Crippen LogP contribution in [0.2, 0.25) is 0 Å². The van der Waals surface area contributed by atoms with Crippen molar-refractivity contribution < 1.29 is 22.7 Å². The molecule has 0 spiro atoms. The van der Waals surface area contributed by atoms with Crippen molar-refractivity contribution in [2.45, 2.75) is 32.2 Å². The summed E-state index contributed by atoms with van der Waals surface area (Å²) in [5, 5.41) is -0.323. The minimum Gasteiger partial charge on any atom is -0.381 e. The van der Waals surface area contributed by atoms with Crippen molar-refractivity contribution >= 4 is 16.7 Å². The summed E-state index contributed by atoms with van der Waals surface area (Å²) in [7, 11) is 0. The fraction of sp³-hybridized carbons (Fsp3) is 0.438. The number of hydrogen-bond acceptors (Lipinski definition) is 4. The van der Waals surface area contributed by atoms with E-state index in [9.17, 15) is 22.8 Å². The van der Waals surface area contributed by atoms with Crippen LogP contribution < -0.4 is 5.56 Å². The fourth-order valence-corrected chi connectivity index (χ4v) is 2.99. The molecular formula is C16H15F3N2O3. The Kier molecular flexibility index (Phi) is 4.40. The Morgan fingerprint density at radius 3 is 2.58 bits per heavy atom. The molecule has 0 unspecified atom stereocenters. The number of Topliss-reactive ketones (excluding diaryl/α,β-unsaturated/α-hetero) is 1. The van der Waals surface area contributed by atoms with Gasteiger partial charge in [-0.2, -0.15) is 8.78 Å². The molecule has 2 aromatic rings. The van der Waals surface area contributed by atoms with Crippen LogP contribution in [0.25, 0.3) is 10.9 Å². The first-order valence-electron chi connectivity index (χ1n) is 7.52. The smallest absolute Gasteiger partial charge is 0.322 e. The van der Waals surface area contributed by atoms with Crippen LogP contribution in [0.3, 0.4) is 0 Å². The molecule has 1 fully saturated rings. The predicted octanol–water partition coefficient (Wildman–Crippen LogP) is 3.03. The first-order chi connectivity index (χ1) is 11.4. The van der Waals surface area contributed by atoms with Crippen LogP contribution >= 0.6 is 0 Å². The number of halogens is 3. The van der Waals surface area contributed by atoms with Crippen LogP contribution in [0, 0.1) is 5.82 Å². The van der Waals surface area contributed by atoms with Gasteiger partial charge in [0, 0.05) is 24.7 Å². The molecule has 0 saturated carbocycles. The lowest BCUT2D eigenvalue weighted by molar-refractivity contribution is 0.0503. The third kappa shape index (κ3) is 2.82. The summed E-state index contributed by atoms with van der Waals surface area (Å²) in [4.78, 5) is 28.4. The van der Waals surface area contributed by atoms with Gasteiger partial charge in [0.1, 0.15) is 11.6 Å². The molecule has 24 heavy (non-hydrogen) atoms. The molecule has 0 atom stereocenters. The third-order valence-corrected chi connectivity index (χ3v) is 4.16. The van der Waals surface area contributed by atoms with Crippen molar-refractivity contribution in [1.82, 2.24) is 9.55 Å². The second-order valence-corrected chi connectivity index (χ2v) is 5.72. The molecule has 1 aromatic heterocycles. The lowest BCUT2D eigenvalue weighted by Gasteiger charge is -2.24. The molecule has 0 N–H and O–H groups in total. The van der Waals surface area contributed by atoms with Crippen molar-refractivity contribution in [3.8, 4) is 0 Å². The maximum atomic E-state index is 13.7. The molecule has 0 radical (unpaired) electrons. The van der Waals surface area contributed by atoms with E-state index in [4.69, 9.17) is 4.74 Å². The highest BCUT2D eigenvalue weighted by Gasteiger charge is 2.27. The van der Waals surface area contributed by atoms with E-state index < -0.39 is 23.7 Å². The number of aromatic nitrogens is 2. The lowest BCUT2D eigenvalue weighted by Crippen LogP contribution is -2.30. The average molecular weight is 340 g/mol. The number of nitrogens with zero attached hydrogens (tertiary/aromatic N) is 2. The van der Waals surface area contributed by atoms with Gasteiger partial charge in [-0.1, -0.05) is 0 Å². The Morgan fingerprint density at radius 1 is 1.33 bits per heavy atom. The van der Waals surface area contributed by atoms with Crippen LogP contribution in [0.5, 0.6) is 0 Å². The average Bonchev–Trinajstić information content (AvgIpc) is 2.55. The van der Waals surface area contributed by atoms with Crippen LogP contribution in [0.15, 0.2) is 16.9 Å². The first kappa shape index (κ1) is 16.6. The summed E-state index contributed by atoms with van der Waals surface area (Å²) in [5.74, 6) is -1.79. The Morgan fingerprint density at radius 2 is 2.00 bits per heavy atom. The first-order valence-corrected chi connectivity index (χ1v) is 7.52. The predicted molar refractivity (Wildman–Crippen MR) is 80.0 cm³/mol. The van der Waals surface area contributed by atoms with Gasteiger partial charge in [0.25, 0.3) is 5.56 Å². The van der Waals surface area contributed by atoms with Gasteiger partial charge in [-0.3, -0.25) is 9.59 Å². The zero-order chi connectivity index (χ0) is 17.4. The summed E-state index contributed by atoms with van der Waals surface area (Å²) in [6.07, 6.45) is 0.891. The maximum Gasteiger partial charge on any atom is 0.322 e. The Balaban J connectivity index is 2.35. The Bertz CT molecular complexity index is 858. The van der Waals surface area contributed by atoms with Crippen LogP contribution in [-0.2, 0) is 4.74 Å². The van der Waals surface area contributed by atoms with Crippen molar-refractivity contribution in [1.29, 1.82) is 0 Å². The molecule has 1 aromatic carbocycles. The van der Waals surface area contributed by atoms with E-state index in [0.717, 1.165) is 12.1 Å². The Hall–Kier alpha value is -2.22. The number of ether oxygens (including phenoxy) is 1. The minimum absolute atomic E-state index is 0.0349. The Labute approximate surface area is 135 Å². The number of carbonyl (C=O) groups is 1. The van der Waals surface area contributed by atoms with Gasteiger partial charge in [-0.25, -0.2) is 13.9 Å². The van der Waals surface area contributed by atoms with Crippen molar-refractivity contribution in [3.63, 3.8) is 0 Å². The van der Waals surface area contributed by atoms with E-state index in [1.54, 1.807) is 0 Å².